The van der Waals surface area contributed by atoms with Gasteiger partial charge in [-0.15, -0.1) is 11.8 Å². The number of hydrogen-bond acceptors (Lipinski definition) is 4. The smallest absolute Gasteiger partial charge is 0.332 e. The van der Waals surface area contributed by atoms with Crippen molar-refractivity contribution in [1.82, 2.24) is 0 Å². The van der Waals surface area contributed by atoms with E-state index >= 15 is 0 Å². The molecule has 4 heteroatoms. The van der Waals surface area contributed by atoms with Gasteiger partial charge < -0.3 is 4.74 Å². The zero-order chi connectivity index (χ0) is 9.35. The third kappa shape index (κ3) is 1.63. The predicted molar refractivity (Wildman–Crippen MR) is 50.6 cm³/mol. The minimum atomic E-state index is -0.340. The number of carbonyl (C=O) groups is 1. The van der Waals surface area contributed by atoms with Crippen molar-refractivity contribution in [3.8, 4) is 0 Å². The molecule has 1 atom stereocenters. The molecule has 68 valence electrons. The molecule has 0 aromatic carbocycles. The molecule has 1 heterocycles. The molecule has 0 saturated heterocycles. The van der Waals surface area contributed by atoms with Crippen LogP contribution in [0.1, 0.15) is 20.8 Å². The van der Waals surface area contributed by atoms with Crippen LogP contribution in [0, 0.1) is 0 Å². The first kappa shape index (κ1) is 9.58. The molecule has 0 bridgehead atoms. The van der Waals surface area contributed by atoms with E-state index in [1.165, 1.54) is 7.11 Å². The van der Waals surface area contributed by atoms with Gasteiger partial charge in [0, 0.05) is 4.75 Å². The molecule has 0 amide bonds. The van der Waals surface area contributed by atoms with Crippen LogP contribution in [-0.4, -0.2) is 28.9 Å². The summed E-state index contributed by atoms with van der Waals surface area (Å²) < 4.78 is 4.50. The molecule has 0 spiro atoms. The van der Waals surface area contributed by atoms with Crippen LogP contribution in [0.4, 0.5) is 0 Å². The van der Waals surface area contributed by atoms with E-state index in [-0.39, 0.29) is 16.8 Å². The topological polar surface area (TPSA) is 38.7 Å². The second-order valence-corrected chi connectivity index (χ2v) is 5.13. The molecular formula is C8H13NO2S. The maximum atomic E-state index is 11.2. The largest absolute Gasteiger partial charge is 0.467 e. The highest BCUT2D eigenvalue weighted by Gasteiger charge is 2.41. The summed E-state index contributed by atoms with van der Waals surface area (Å²) in [4.78, 5) is 15.4. The number of esters is 1. The van der Waals surface area contributed by atoms with E-state index in [2.05, 4.69) is 9.73 Å². The molecule has 1 rings (SSSR count). The van der Waals surface area contributed by atoms with Crippen LogP contribution in [0.15, 0.2) is 4.99 Å². The number of rotatable bonds is 1. The number of carbonyl (C=O) groups excluding carboxylic acids is 1. The Labute approximate surface area is 76.6 Å². The number of ether oxygens (including phenoxy) is 1. The summed E-state index contributed by atoms with van der Waals surface area (Å²) in [6.45, 7) is 5.91. The van der Waals surface area contributed by atoms with Crippen molar-refractivity contribution < 1.29 is 9.53 Å². The van der Waals surface area contributed by atoms with Crippen LogP contribution < -0.4 is 0 Å². The monoisotopic (exact) mass is 187 g/mol. The molecule has 0 saturated carbocycles. The highest BCUT2D eigenvalue weighted by Crippen LogP contribution is 2.37. The summed E-state index contributed by atoms with van der Waals surface area (Å²) in [6, 6.07) is -0.340. The second-order valence-electron chi connectivity index (χ2n) is 3.28. The molecule has 0 N–H and O–H groups in total. The fourth-order valence-corrected chi connectivity index (χ4v) is 2.43. The van der Waals surface area contributed by atoms with Crippen LogP contribution >= 0.6 is 11.8 Å². The van der Waals surface area contributed by atoms with E-state index in [4.69, 9.17) is 0 Å². The maximum Gasteiger partial charge on any atom is 0.332 e. The standard InChI is InChI=1S/C8H13NO2S/c1-5-9-6(7(10)11-4)8(2,3)12-5/h6H,1-4H3. The first-order valence-corrected chi connectivity index (χ1v) is 4.60. The molecule has 0 radical (unpaired) electrons. The van der Waals surface area contributed by atoms with E-state index in [9.17, 15) is 4.79 Å². The van der Waals surface area contributed by atoms with Crippen molar-refractivity contribution >= 4 is 22.8 Å². The maximum absolute atomic E-state index is 11.2. The van der Waals surface area contributed by atoms with Crippen LogP contribution in [0.5, 0.6) is 0 Å². The Morgan fingerprint density at radius 1 is 1.67 bits per heavy atom. The summed E-state index contributed by atoms with van der Waals surface area (Å²) in [5.41, 5.74) is 0. The lowest BCUT2D eigenvalue weighted by Gasteiger charge is -2.21. The van der Waals surface area contributed by atoms with Crippen molar-refractivity contribution in [3.05, 3.63) is 0 Å². The zero-order valence-electron chi connectivity index (χ0n) is 7.75. The average molecular weight is 187 g/mol. The number of methoxy groups -OCH3 is 1. The second kappa shape index (κ2) is 3.09. The summed E-state index contributed by atoms with van der Waals surface area (Å²) in [5.74, 6) is -0.246. The van der Waals surface area contributed by atoms with Crippen LogP contribution in [-0.2, 0) is 9.53 Å². The van der Waals surface area contributed by atoms with Crippen LogP contribution in [0.3, 0.4) is 0 Å². The SMILES string of the molecule is COC(=O)C1N=C(C)SC1(C)C. The third-order valence-electron chi connectivity index (χ3n) is 1.80. The van der Waals surface area contributed by atoms with Crippen molar-refractivity contribution in [2.24, 2.45) is 4.99 Å². The quantitative estimate of drug-likeness (QED) is 0.583. The molecular weight excluding hydrogens is 174 g/mol. The van der Waals surface area contributed by atoms with Gasteiger partial charge >= 0.3 is 5.97 Å². The summed E-state index contributed by atoms with van der Waals surface area (Å²) >= 11 is 1.62. The molecule has 0 aromatic heterocycles. The minimum absolute atomic E-state index is 0.156. The lowest BCUT2D eigenvalue weighted by atomic mass is 10.0. The van der Waals surface area contributed by atoms with E-state index in [0.29, 0.717) is 0 Å². The number of hydrogen-bond donors (Lipinski definition) is 0. The van der Waals surface area contributed by atoms with Crippen molar-refractivity contribution in [2.45, 2.75) is 31.6 Å². The fourth-order valence-electron chi connectivity index (χ4n) is 1.25. The molecule has 3 nitrogen and oxygen atoms in total. The van der Waals surface area contributed by atoms with Crippen molar-refractivity contribution in [3.63, 3.8) is 0 Å². The van der Waals surface area contributed by atoms with Crippen molar-refractivity contribution in [1.29, 1.82) is 0 Å². The summed E-state index contributed by atoms with van der Waals surface area (Å²) in [6.07, 6.45) is 0. The van der Waals surface area contributed by atoms with Gasteiger partial charge in [-0.3, -0.25) is 4.99 Å². The fraction of sp³-hybridized carbons (Fsp3) is 0.750. The van der Waals surface area contributed by atoms with Crippen LogP contribution in [0.25, 0.3) is 0 Å². The third-order valence-corrected chi connectivity index (χ3v) is 2.95. The van der Waals surface area contributed by atoms with Gasteiger partial charge in [0.15, 0.2) is 6.04 Å². The lowest BCUT2D eigenvalue weighted by Crippen LogP contribution is -2.35. The minimum Gasteiger partial charge on any atom is -0.467 e. The Morgan fingerprint density at radius 3 is 2.58 bits per heavy atom. The van der Waals surface area contributed by atoms with E-state index in [1.807, 2.05) is 20.8 Å². The molecule has 0 fully saturated rings. The van der Waals surface area contributed by atoms with Gasteiger partial charge in [0.1, 0.15) is 0 Å². The lowest BCUT2D eigenvalue weighted by molar-refractivity contribution is -0.142. The Hall–Kier alpha value is -0.510. The van der Waals surface area contributed by atoms with Gasteiger partial charge in [-0.05, 0) is 20.8 Å². The van der Waals surface area contributed by atoms with Gasteiger partial charge in [0.25, 0.3) is 0 Å². The molecule has 0 aliphatic carbocycles. The molecule has 1 unspecified atom stereocenters. The van der Waals surface area contributed by atoms with Gasteiger partial charge in [-0.2, -0.15) is 0 Å². The van der Waals surface area contributed by atoms with Crippen LogP contribution in [0.2, 0.25) is 0 Å². The Bertz CT molecular complexity index is 235. The Kier molecular flexibility index (Phi) is 2.46. The van der Waals surface area contributed by atoms with Gasteiger partial charge in [-0.1, -0.05) is 0 Å². The van der Waals surface area contributed by atoms with Gasteiger partial charge in [-0.25, -0.2) is 4.79 Å². The molecule has 12 heavy (non-hydrogen) atoms. The molecule has 1 aliphatic heterocycles. The predicted octanol–water partition coefficient (Wildman–Crippen LogP) is 1.47. The number of aliphatic imine (C=N–C) groups is 1. The number of nitrogens with zero attached hydrogens (tertiary/aromatic N) is 1. The Balaban J connectivity index is 2.82. The first-order valence-electron chi connectivity index (χ1n) is 3.78. The van der Waals surface area contributed by atoms with Gasteiger partial charge in [0.05, 0.1) is 12.2 Å². The average Bonchev–Trinajstić information content (AvgIpc) is 2.23. The highest BCUT2D eigenvalue weighted by molar-refractivity contribution is 8.15. The zero-order valence-corrected chi connectivity index (χ0v) is 8.57. The summed E-state index contributed by atoms with van der Waals surface area (Å²) in [7, 11) is 1.40. The summed E-state index contributed by atoms with van der Waals surface area (Å²) in [5, 5.41) is 0.954. The van der Waals surface area contributed by atoms with E-state index in [1.54, 1.807) is 11.8 Å². The Morgan fingerprint density at radius 2 is 2.25 bits per heavy atom. The molecule has 0 aromatic rings. The first-order chi connectivity index (χ1) is 5.47. The number of thioether (sulfide) groups is 1. The van der Waals surface area contributed by atoms with E-state index < -0.39 is 0 Å². The van der Waals surface area contributed by atoms with E-state index in [0.717, 1.165) is 5.04 Å². The van der Waals surface area contributed by atoms with Gasteiger partial charge in [0.2, 0.25) is 0 Å². The van der Waals surface area contributed by atoms with Crippen molar-refractivity contribution in [2.75, 3.05) is 7.11 Å². The normalized spacial score (nSPS) is 26.7. The molecule has 1 aliphatic rings. The highest BCUT2D eigenvalue weighted by atomic mass is 32.2.